The number of benzene rings is 2. The van der Waals surface area contributed by atoms with Gasteiger partial charge in [0, 0.05) is 16.5 Å². The van der Waals surface area contributed by atoms with Crippen molar-refractivity contribution in [1.29, 1.82) is 0 Å². The van der Waals surface area contributed by atoms with Crippen molar-refractivity contribution in [2.45, 2.75) is 44.7 Å². The van der Waals surface area contributed by atoms with Crippen LogP contribution in [-0.2, 0) is 26.7 Å². The molecule has 0 aliphatic carbocycles. The topological polar surface area (TPSA) is 84.5 Å². The fourth-order valence-electron chi connectivity index (χ4n) is 2.92. The van der Waals surface area contributed by atoms with Crippen molar-refractivity contribution in [1.82, 2.24) is 10.6 Å². The Morgan fingerprint density at radius 2 is 1.75 bits per heavy atom. The van der Waals surface area contributed by atoms with Gasteiger partial charge in [-0.05, 0) is 29.5 Å². The van der Waals surface area contributed by atoms with Gasteiger partial charge in [0.1, 0.15) is 18.9 Å². The molecule has 0 aromatic heterocycles. The first-order valence-electron chi connectivity index (χ1n) is 10.4. The number of halogens is 1. The zero-order valence-corrected chi connectivity index (χ0v) is 19.8. The number of carbonyl (C=O) groups is 3. The van der Waals surface area contributed by atoms with Crippen molar-refractivity contribution >= 4 is 41.6 Å². The van der Waals surface area contributed by atoms with Crippen LogP contribution >= 0.6 is 23.4 Å². The number of thioether (sulfide) groups is 1. The number of nitrogens with one attached hydrogen (secondary N) is 2. The van der Waals surface area contributed by atoms with Gasteiger partial charge in [-0.1, -0.05) is 74.0 Å². The maximum atomic E-state index is 12.8. The van der Waals surface area contributed by atoms with Gasteiger partial charge in [-0.2, -0.15) is 11.8 Å². The number of aldehydes is 1. The third kappa shape index (κ3) is 9.32. The Kier molecular flexibility index (Phi) is 11.1. The van der Waals surface area contributed by atoms with Crippen LogP contribution in [0.2, 0.25) is 5.02 Å². The summed E-state index contributed by atoms with van der Waals surface area (Å²) in [5, 5.41) is 6.01. The molecule has 0 bridgehead atoms. The lowest BCUT2D eigenvalue weighted by Gasteiger charge is -2.22. The van der Waals surface area contributed by atoms with Gasteiger partial charge in [-0.25, -0.2) is 4.79 Å². The summed E-state index contributed by atoms with van der Waals surface area (Å²) in [5.41, 5.74) is 1.82. The fourth-order valence-corrected chi connectivity index (χ4v) is 4.21. The van der Waals surface area contributed by atoms with E-state index in [-0.39, 0.29) is 12.5 Å². The molecule has 1 unspecified atom stereocenters. The molecule has 0 saturated carbocycles. The maximum Gasteiger partial charge on any atom is 0.408 e. The summed E-state index contributed by atoms with van der Waals surface area (Å²) in [5.74, 6) is 0.766. The minimum absolute atomic E-state index is 0.109. The molecule has 0 aliphatic rings. The summed E-state index contributed by atoms with van der Waals surface area (Å²) < 4.78 is 5.23. The van der Waals surface area contributed by atoms with Gasteiger partial charge >= 0.3 is 6.09 Å². The highest BCUT2D eigenvalue weighted by Crippen LogP contribution is 2.21. The van der Waals surface area contributed by atoms with Crippen LogP contribution in [0, 0.1) is 5.92 Å². The van der Waals surface area contributed by atoms with Crippen molar-refractivity contribution in [3.8, 4) is 0 Å². The Morgan fingerprint density at radius 3 is 2.41 bits per heavy atom. The number of hydrogen-bond donors (Lipinski definition) is 2. The normalized spacial score (nSPS) is 12.6. The van der Waals surface area contributed by atoms with Gasteiger partial charge in [0.05, 0.1) is 6.04 Å². The van der Waals surface area contributed by atoms with E-state index in [4.69, 9.17) is 16.3 Å². The van der Waals surface area contributed by atoms with E-state index in [0.29, 0.717) is 29.2 Å². The molecule has 2 aromatic carbocycles. The van der Waals surface area contributed by atoms with Gasteiger partial charge in [-0.3, -0.25) is 4.79 Å². The van der Waals surface area contributed by atoms with E-state index in [2.05, 4.69) is 10.6 Å². The van der Waals surface area contributed by atoms with E-state index in [1.54, 1.807) is 0 Å². The van der Waals surface area contributed by atoms with Crippen molar-refractivity contribution < 1.29 is 19.1 Å². The number of ether oxygens (including phenoxy) is 1. The quantitative estimate of drug-likeness (QED) is 0.437. The second-order valence-corrected chi connectivity index (χ2v) is 9.18. The summed E-state index contributed by atoms with van der Waals surface area (Å²) in [6.07, 6.45) is 0.452. The first kappa shape index (κ1) is 25.7. The van der Waals surface area contributed by atoms with Gasteiger partial charge in [0.15, 0.2) is 0 Å². The summed E-state index contributed by atoms with van der Waals surface area (Å²) in [6, 6.07) is 15.3. The Bertz CT molecular complexity index is 879. The number of carbonyl (C=O) groups excluding carboxylic acids is 3. The van der Waals surface area contributed by atoms with E-state index < -0.39 is 24.1 Å². The number of hydrogen-bond acceptors (Lipinski definition) is 5. The largest absolute Gasteiger partial charge is 0.445 e. The lowest BCUT2D eigenvalue weighted by molar-refractivity contribution is -0.125. The van der Waals surface area contributed by atoms with Crippen molar-refractivity contribution in [2.75, 3.05) is 5.75 Å². The molecule has 2 amide bonds. The standard InChI is InChI=1S/C24H29ClN2O4S/c1-17(2)12-22(27-24(30)31-14-18-8-4-3-5-9-18)23(29)26-20(13-28)16-32-15-19-10-6-7-11-21(19)25/h3-11,13,17,20,22H,12,14-16H2,1-2H3,(H,26,29)(H,27,30)/t20?,22-/m1/s1. The van der Waals surface area contributed by atoms with Crippen LogP contribution in [0.4, 0.5) is 4.79 Å². The molecule has 0 fully saturated rings. The Labute approximate surface area is 198 Å². The van der Waals surface area contributed by atoms with Crippen LogP contribution < -0.4 is 10.6 Å². The van der Waals surface area contributed by atoms with Gasteiger partial charge in [-0.15, -0.1) is 0 Å². The highest BCUT2D eigenvalue weighted by atomic mass is 35.5. The summed E-state index contributed by atoms with van der Waals surface area (Å²) >= 11 is 7.65. The van der Waals surface area contributed by atoms with Crippen molar-refractivity contribution in [2.24, 2.45) is 5.92 Å². The molecular formula is C24H29ClN2O4S. The van der Waals surface area contributed by atoms with E-state index in [0.717, 1.165) is 11.1 Å². The lowest BCUT2D eigenvalue weighted by atomic mass is 10.0. The highest BCUT2D eigenvalue weighted by Gasteiger charge is 2.25. The Morgan fingerprint density at radius 1 is 1.06 bits per heavy atom. The molecule has 2 N–H and O–H groups in total. The number of alkyl carbamates (subject to hydrolysis) is 1. The molecule has 0 saturated heterocycles. The predicted molar refractivity (Wildman–Crippen MR) is 129 cm³/mol. The summed E-state index contributed by atoms with van der Waals surface area (Å²) in [4.78, 5) is 36.5. The first-order chi connectivity index (χ1) is 15.4. The fraction of sp³-hybridized carbons (Fsp3) is 0.375. The van der Waals surface area contributed by atoms with E-state index in [1.165, 1.54) is 11.8 Å². The lowest BCUT2D eigenvalue weighted by Crippen LogP contribution is -2.51. The van der Waals surface area contributed by atoms with Crippen molar-refractivity contribution in [3.05, 3.63) is 70.7 Å². The molecule has 0 spiro atoms. The van der Waals surface area contributed by atoms with Crippen LogP contribution in [0.1, 0.15) is 31.4 Å². The zero-order chi connectivity index (χ0) is 23.3. The van der Waals surface area contributed by atoms with E-state index in [9.17, 15) is 14.4 Å². The molecule has 0 heterocycles. The zero-order valence-electron chi connectivity index (χ0n) is 18.3. The minimum atomic E-state index is -0.797. The molecule has 8 heteroatoms. The average Bonchev–Trinajstić information content (AvgIpc) is 2.78. The molecule has 2 rings (SSSR count). The summed E-state index contributed by atoms with van der Waals surface area (Å²) in [6.45, 7) is 4.01. The molecule has 32 heavy (non-hydrogen) atoms. The van der Waals surface area contributed by atoms with Crippen LogP contribution in [-0.4, -0.2) is 36.1 Å². The molecule has 0 radical (unpaired) electrons. The van der Waals surface area contributed by atoms with Crippen LogP contribution in [0.15, 0.2) is 54.6 Å². The van der Waals surface area contributed by atoms with Crippen LogP contribution in [0.5, 0.6) is 0 Å². The smallest absolute Gasteiger partial charge is 0.408 e. The van der Waals surface area contributed by atoms with E-state index in [1.807, 2.05) is 68.4 Å². The maximum absolute atomic E-state index is 12.8. The average molecular weight is 477 g/mol. The SMILES string of the molecule is CC(C)C[C@@H](NC(=O)OCc1ccccc1)C(=O)NC(C=O)CSCc1ccccc1Cl. The highest BCUT2D eigenvalue weighted by molar-refractivity contribution is 7.98. The molecule has 2 aromatic rings. The number of amides is 2. The Balaban J connectivity index is 1.86. The second kappa shape index (κ2) is 13.8. The third-order valence-corrected chi connectivity index (χ3v) is 6.01. The molecule has 6 nitrogen and oxygen atoms in total. The van der Waals surface area contributed by atoms with Gasteiger partial charge < -0.3 is 20.2 Å². The monoisotopic (exact) mass is 476 g/mol. The van der Waals surface area contributed by atoms with Crippen molar-refractivity contribution in [3.63, 3.8) is 0 Å². The molecule has 0 aliphatic heterocycles. The third-order valence-electron chi connectivity index (χ3n) is 4.53. The predicted octanol–water partition coefficient (Wildman–Crippen LogP) is 4.60. The van der Waals surface area contributed by atoms with Crippen LogP contribution in [0.25, 0.3) is 0 Å². The van der Waals surface area contributed by atoms with E-state index >= 15 is 0 Å². The van der Waals surface area contributed by atoms with Crippen LogP contribution in [0.3, 0.4) is 0 Å². The summed E-state index contributed by atoms with van der Waals surface area (Å²) in [7, 11) is 0. The molecule has 172 valence electrons. The number of rotatable bonds is 12. The minimum Gasteiger partial charge on any atom is -0.445 e. The first-order valence-corrected chi connectivity index (χ1v) is 12.0. The van der Waals surface area contributed by atoms with Gasteiger partial charge in [0.25, 0.3) is 0 Å². The Hall–Kier alpha value is -2.51. The van der Waals surface area contributed by atoms with Gasteiger partial charge in [0.2, 0.25) is 5.91 Å². The second-order valence-electron chi connectivity index (χ2n) is 7.75. The molecule has 2 atom stereocenters. The molecular weight excluding hydrogens is 448 g/mol.